The molecular formula is C22H28N2O3. The number of benzene rings is 2. The molecule has 0 spiro atoms. The summed E-state index contributed by atoms with van der Waals surface area (Å²) in [4.78, 5) is 24.8. The molecule has 2 N–H and O–H groups in total. The van der Waals surface area contributed by atoms with Gasteiger partial charge in [-0.25, -0.2) is 0 Å². The Hall–Kier alpha value is -2.82. The van der Waals surface area contributed by atoms with Gasteiger partial charge in [-0.05, 0) is 69.0 Å². The highest BCUT2D eigenvalue weighted by Crippen LogP contribution is 2.23. The van der Waals surface area contributed by atoms with E-state index in [2.05, 4.69) is 16.7 Å². The molecule has 0 aromatic heterocycles. The van der Waals surface area contributed by atoms with Gasteiger partial charge in [0.25, 0.3) is 11.8 Å². The molecule has 0 bridgehead atoms. The van der Waals surface area contributed by atoms with Gasteiger partial charge in [0, 0.05) is 6.04 Å². The van der Waals surface area contributed by atoms with Crippen molar-refractivity contribution in [3.63, 3.8) is 0 Å². The molecule has 0 fully saturated rings. The Morgan fingerprint density at radius 2 is 1.81 bits per heavy atom. The SMILES string of the molecule is CC[C@H](C)NC(=O)c1ccccc1NC(=O)COc1cc(C)cc(C)c1C. The first-order valence-corrected chi connectivity index (χ1v) is 9.22. The third-order valence-electron chi connectivity index (χ3n) is 4.56. The van der Waals surface area contributed by atoms with E-state index in [-0.39, 0.29) is 24.5 Å². The molecule has 2 rings (SSSR count). The van der Waals surface area contributed by atoms with Crippen molar-refractivity contribution in [3.8, 4) is 5.75 Å². The Morgan fingerprint density at radius 3 is 2.52 bits per heavy atom. The third-order valence-corrected chi connectivity index (χ3v) is 4.56. The molecule has 0 heterocycles. The Bertz CT molecular complexity index is 830. The summed E-state index contributed by atoms with van der Waals surface area (Å²) in [5, 5.41) is 5.69. The summed E-state index contributed by atoms with van der Waals surface area (Å²) in [6.45, 7) is 9.80. The Kier molecular flexibility index (Phi) is 6.99. The summed E-state index contributed by atoms with van der Waals surface area (Å²) in [5.41, 5.74) is 4.14. The highest BCUT2D eigenvalue weighted by Gasteiger charge is 2.15. The van der Waals surface area contributed by atoms with Crippen LogP contribution in [-0.2, 0) is 4.79 Å². The first kappa shape index (κ1) is 20.5. The molecule has 2 aromatic carbocycles. The zero-order valence-electron chi connectivity index (χ0n) is 16.7. The maximum Gasteiger partial charge on any atom is 0.262 e. The van der Waals surface area contributed by atoms with Crippen molar-refractivity contribution < 1.29 is 14.3 Å². The lowest BCUT2D eigenvalue weighted by Crippen LogP contribution is -2.33. The molecule has 0 aliphatic rings. The van der Waals surface area contributed by atoms with E-state index in [0.29, 0.717) is 17.0 Å². The average Bonchev–Trinajstić information content (AvgIpc) is 2.63. The molecule has 2 amide bonds. The van der Waals surface area contributed by atoms with Gasteiger partial charge >= 0.3 is 0 Å². The lowest BCUT2D eigenvalue weighted by atomic mass is 10.1. The van der Waals surface area contributed by atoms with Crippen molar-refractivity contribution in [3.05, 3.63) is 58.7 Å². The van der Waals surface area contributed by atoms with E-state index < -0.39 is 0 Å². The Morgan fingerprint density at radius 1 is 1.11 bits per heavy atom. The maximum absolute atomic E-state index is 12.4. The molecule has 0 saturated heterocycles. The number of ether oxygens (including phenoxy) is 1. The molecule has 0 radical (unpaired) electrons. The van der Waals surface area contributed by atoms with Crippen LogP contribution in [0.4, 0.5) is 5.69 Å². The molecule has 1 atom stereocenters. The minimum atomic E-state index is -0.308. The summed E-state index contributed by atoms with van der Waals surface area (Å²) in [6.07, 6.45) is 0.837. The van der Waals surface area contributed by atoms with Crippen molar-refractivity contribution in [1.29, 1.82) is 0 Å². The van der Waals surface area contributed by atoms with Crippen LogP contribution < -0.4 is 15.4 Å². The Balaban J connectivity index is 2.05. The van der Waals surface area contributed by atoms with Gasteiger partial charge in [-0.1, -0.05) is 25.1 Å². The number of rotatable bonds is 7. The van der Waals surface area contributed by atoms with Crippen molar-refractivity contribution in [2.45, 2.75) is 47.1 Å². The molecule has 0 saturated carbocycles. The van der Waals surface area contributed by atoms with Crippen molar-refractivity contribution in [2.24, 2.45) is 0 Å². The number of nitrogens with one attached hydrogen (secondary N) is 2. The molecule has 5 nitrogen and oxygen atoms in total. The summed E-state index contributed by atoms with van der Waals surface area (Å²) >= 11 is 0. The number of amides is 2. The molecule has 0 aliphatic heterocycles. The van der Waals surface area contributed by atoms with Gasteiger partial charge in [0.05, 0.1) is 11.3 Å². The minimum Gasteiger partial charge on any atom is -0.483 e. The molecule has 0 aliphatic carbocycles. The van der Waals surface area contributed by atoms with Crippen molar-refractivity contribution >= 4 is 17.5 Å². The second kappa shape index (κ2) is 9.21. The first-order valence-electron chi connectivity index (χ1n) is 9.22. The van der Waals surface area contributed by atoms with Crippen LogP contribution in [0.3, 0.4) is 0 Å². The van der Waals surface area contributed by atoms with Crippen LogP contribution in [0.25, 0.3) is 0 Å². The lowest BCUT2D eigenvalue weighted by Gasteiger charge is -2.15. The Labute approximate surface area is 161 Å². The van der Waals surface area contributed by atoms with E-state index >= 15 is 0 Å². The molecule has 2 aromatic rings. The van der Waals surface area contributed by atoms with Crippen LogP contribution in [0.1, 0.15) is 47.3 Å². The zero-order valence-corrected chi connectivity index (χ0v) is 16.7. The maximum atomic E-state index is 12.4. The van der Waals surface area contributed by atoms with Gasteiger partial charge in [-0.3, -0.25) is 9.59 Å². The quantitative estimate of drug-likeness (QED) is 0.771. The van der Waals surface area contributed by atoms with Crippen LogP contribution in [0, 0.1) is 20.8 Å². The number of hydrogen-bond acceptors (Lipinski definition) is 3. The van der Waals surface area contributed by atoms with Crippen molar-refractivity contribution in [1.82, 2.24) is 5.32 Å². The van der Waals surface area contributed by atoms with Gasteiger partial charge in [0.2, 0.25) is 0 Å². The highest BCUT2D eigenvalue weighted by molar-refractivity contribution is 6.04. The van der Waals surface area contributed by atoms with E-state index in [0.717, 1.165) is 23.1 Å². The van der Waals surface area contributed by atoms with E-state index in [4.69, 9.17) is 4.74 Å². The topological polar surface area (TPSA) is 67.4 Å². The van der Waals surface area contributed by atoms with E-state index in [9.17, 15) is 9.59 Å². The van der Waals surface area contributed by atoms with Gasteiger partial charge in [0.15, 0.2) is 6.61 Å². The monoisotopic (exact) mass is 368 g/mol. The van der Waals surface area contributed by atoms with Crippen LogP contribution in [0.5, 0.6) is 5.75 Å². The van der Waals surface area contributed by atoms with Gasteiger partial charge in [0.1, 0.15) is 5.75 Å². The number of anilines is 1. The molecule has 0 unspecified atom stereocenters. The average molecular weight is 368 g/mol. The van der Waals surface area contributed by atoms with E-state index in [1.807, 2.05) is 40.7 Å². The highest BCUT2D eigenvalue weighted by atomic mass is 16.5. The van der Waals surface area contributed by atoms with E-state index in [1.54, 1.807) is 24.3 Å². The summed E-state index contributed by atoms with van der Waals surface area (Å²) in [7, 11) is 0. The fourth-order valence-electron chi connectivity index (χ4n) is 2.67. The minimum absolute atomic E-state index is 0.0668. The van der Waals surface area contributed by atoms with Crippen LogP contribution in [0.2, 0.25) is 0 Å². The molecule has 144 valence electrons. The standard InChI is InChI=1S/C22H28N2O3/c1-6-16(4)23-22(26)18-9-7-8-10-19(18)24-21(25)13-27-20-12-14(2)11-15(3)17(20)5/h7-12,16H,6,13H2,1-5H3,(H,23,26)(H,24,25)/t16-/m0/s1. The number of para-hydroxylation sites is 1. The second-order valence-corrected chi connectivity index (χ2v) is 6.87. The van der Waals surface area contributed by atoms with Gasteiger partial charge in [-0.2, -0.15) is 0 Å². The predicted molar refractivity (Wildman–Crippen MR) is 108 cm³/mol. The first-order chi connectivity index (χ1) is 12.8. The normalized spacial score (nSPS) is 11.6. The van der Waals surface area contributed by atoms with Crippen molar-refractivity contribution in [2.75, 3.05) is 11.9 Å². The zero-order chi connectivity index (χ0) is 20.0. The second-order valence-electron chi connectivity index (χ2n) is 6.87. The van der Waals surface area contributed by atoms with Crippen LogP contribution in [-0.4, -0.2) is 24.5 Å². The third kappa shape index (κ3) is 5.58. The van der Waals surface area contributed by atoms with Gasteiger partial charge < -0.3 is 15.4 Å². The number of aryl methyl sites for hydroxylation is 2. The van der Waals surface area contributed by atoms with E-state index in [1.165, 1.54) is 0 Å². The number of carbonyl (C=O) groups excluding carboxylic acids is 2. The molecule has 27 heavy (non-hydrogen) atoms. The fourth-order valence-corrected chi connectivity index (χ4v) is 2.67. The van der Waals surface area contributed by atoms with Crippen LogP contribution in [0.15, 0.2) is 36.4 Å². The fraction of sp³-hybridized carbons (Fsp3) is 0.364. The van der Waals surface area contributed by atoms with Gasteiger partial charge in [-0.15, -0.1) is 0 Å². The number of hydrogen-bond donors (Lipinski definition) is 2. The smallest absolute Gasteiger partial charge is 0.262 e. The summed E-state index contributed by atoms with van der Waals surface area (Å²) in [5.74, 6) is 0.189. The summed E-state index contributed by atoms with van der Waals surface area (Å²) < 4.78 is 5.70. The summed E-state index contributed by atoms with van der Waals surface area (Å²) in [6, 6.07) is 11.0. The largest absolute Gasteiger partial charge is 0.483 e. The molecule has 5 heteroatoms. The van der Waals surface area contributed by atoms with Crippen LogP contribution >= 0.6 is 0 Å². The lowest BCUT2D eigenvalue weighted by molar-refractivity contribution is -0.118. The predicted octanol–water partition coefficient (Wildman–Crippen LogP) is 4.16. The number of carbonyl (C=O) groups is 2. The molecular weight excluding hydrogens is 340 g/mol.